The van der Waals surface area contributed by atoms with E-state index in [2.05, 4.69) is 18.3 Å². The number of nitrogens with one attached hydrogen (secondary N) is 1. The zero-order valence-corrected chi connectivity index (χ0v) is 12.9. The molecule has 1 aliphatic rings. The molecule has 1 heterocycles. The molecule has 0 amide bonds. The second-order valence-corrected chi connectivity index (χ2v) is 6.61. The summed E-state index contributed by atoms with van der Waals surface area (Å²) in [5.74, 6) is 3.11. The topological polar surface area (TPSA) is 25.2 Å². The molecule has 2 aromatic rings. The van der Waals surface area contributed by atoms with Crippen LogP contribution in [0.5, 0.6) is 0 Å². The van der Waals surface area contributed by atoms with Gasteiger partial charge < -0.3 is 9.73 Å². The average Bonchev–Trinajstić information content (AvgIpc) is 2.83. The van der Waals surface area contributed by atoms with Crippen LogP contribution in [-0.2, 0) is 0 Å². The van der Waals surface area contributed by atoms with Gasteiger partial charge in [0.05, 0.1) is 0 Å². The van der Waals surface area contributed by atoms with Gasteiger partial charge in [-0.15, -0.1) is 0 Å². The van der Waals surface area contributed by atoms with Crippen LogP contribution in [-0.4, -0.2) is 13.6 Å². The molecule has 3 atom stereocenters. The zero-order chi connectivity index (χ0) is 14.1. The van der Waals surface area contributed by atoms with Crippen LogP contribution in [0.1, 0.15) is 37.9 Å². The van der Waals surface area contributed by atoms with E-state index >= 15 is 0 Å². The van der Waals surface area contributed by atoms with E-state index in [0.29, 0.717) is 11.8 Å². The van der Waals surface area contributed by atoms with E-state index in [1.54, 1.807) is 0 Å². The molecular weight excluding hydrogens is 270 g/mol. The third kappa shape index (κ3) is 2.72. The van der Waals surface area contributed by atoms with Gasteiger partial charge in [0.25, 0.3) is 0 Å². The minimum absolute atomic E-state index is 0.525. The van der Waals surface area contributed by atoms with E-state index in [0.717, 1.165) is 34.2 Å². The van der Waals surface area contributed by atoms with Crippen molar-refractivity contribution in [2.24, 2.45) is 11.8 Å². The van der Waals surface area contributed by atoms with Gasteiger partial charge in [-0.25, -0.2) is 0 Å². The molecule has 3 unspecified atom stereocenters. The molecule has 1 aromatic heterocycles. The molecule has 3 heteroatoms. The lowest BCUT2D eigenvalue weighted by Gasteiger charge is -2.33. The highest BCUT2D eigenvalue weighted by Gasteiger charge is 2.31. The van der Waals surface area contributed by atoms with Crippen molar-refractivity contribution in [3.63, 3.8) is 0 Å². The second kappa shape index (κ2) is 5.79. The molecule has 108 valence electrons. The van der Waals surface area contributed by atoms with Gasteiger partial charge in [0.15, 0.2) is 0 Å². The van der Waals surface area contributed by atoms with Crippen LogP contribution in [0, 0.1) is 11.8 Å². The lowest BCUT2D eigenvalue weighted by atomic mass is 9.73. The first-order valence-corrected chi connectivity index (χ1v) is 7.88. The highest BCUT2D eigenvalue weighted by Crippen LogP contribution is 2.42. The highest BCUT2D eigenvalue weighted by molar-refractivity contribution is 6.31. The molecule has 3 rings (SSSR count). The molecule has 0 spiro atoms. The van der Waals surface area contributed by atoms with Gasteiger partial charge in [-0.1, -0.05) is 24.9 Å². The summed E-state index contributed by atoms with van der Waals surface area (Å²) < 4.78 is 6.10. The minimum Gasteiger partial charge on any atom is -0.461 e. The van der Waals surface area contributed by atoms with Gasteiger partial charge in [0.2, 0.25) is 0 Å². The second-order valence-electron chi connectivity index (χ2n) is 6.17. The third-order valence-electron chi connectivity index (χ3n) is 4.58. The number of fused-ring (bicyclic) bond motifs is 1. The maximum atomic E-state index is 6.10. The Morgan fingerprint density at radius 1 is 1.30 bits per heavy atom. The van der Waals surface area contributed by atoms with Crippen LogP contribution in [0.4, 0.5) is 0 Å². The van der Waals surface area contributed by atoms with E-state index in [1.807, 2.05) is 25.2 Å². The van der Waals surface area contributed by atoms with Gasteiger partial charge >= 0.3 is 0 Å². The van der Waals surface area contributed by atoms with Crippen LogP contribution < -0.4 is 5.32 Å². The van der Waals surface area contributed by atoms with Crippen LogP contribution in [0.25, 0.3) is 11.0 Å². The molecule has 1 aromatic carbocycles. The molecule has 1 N–H and O–H groups in total. The van der Waals surface area contributed by atoms with Gasteiger partial charge in [-0.2, -0.15) is 0 Å². The van der Waals surface area contributed by atoms with Crippen molar-refractivity contribution in [1.82, 2.24) is 5.32 Å². The normalized spacial score (nSPS) is 27.1. The fraction of sp³-hybridized carbons (Fsp3) is 0.529. The highest BCUT2D eigenvalue weighted by atomic mass is 35.5. The quantitative estimate of drug-likeness (QED) is 0.876. The lowest BCUT2D eigenvalue weighted by molar-refractivity contribution is 0.224. The van der Waals surface area contributed by atoms with Crippen molar-refractivity contribution in [2.75, 3.05) is 13.6 Å². The average molecular weight is 292 g/mol. The summed E-state index contributed by atoms with van der Waals surface area (Å²) in [5, 5.41) is 5.22. The van der Waals surface area contributed by atoms with Crippen LogP contribution in [0.2, 0.25) is 5.02 Å². The molecule has 0 aliphatic heterocycles. The molecule has 2 nitrogen and oxygen atoms in total. The zero-order valence-electron chi connectivity index (χ0n) is 12.2. The number of furan rings is 1. The minimum atomic E-state index is 0.525. The Morgan fingerprint density at radius 3 is 2.95 bits per heavy atom. The van der Waals surface area contributed by atoms with E-state index in [-0.39, 0.29) is 0 Å². The van der Waals surface area contributed by atoms with E-state index < -0.39 is 0 Å². The Bertz CT molecular complexity index is 592. The predicted molar refractivity (Wildman–Crippen MR) is 84.4 cm³/mol. The van der Waals surface area contributed by atoms with Crippen molar-refractivity contribution in [1.29, 1.82) is 0 Å². The first kappa shape index (κ1) is 14.0. The summed E-state index contributed by atoms with van der Waals surface area (Å²) in [6.45, 7) is 3.41. The largest absolute Gasteiger partial charge is 0.461 e. The molecular formula is C17H22ClNO. The number of rotatable bonds is 3. The molecule has 0 radical (unpaired) electrons. The maximum absolute atomic E-state index is 6.10. The molecule has 0 saturated heterocycles. The van der Waals surface area contributed by atoms with Crippen molar-refractivity contribution in [3.8, 4) is 0 Å². The lowest BCUT2D eigenvalue weighted by Crippen LogP contribution is -2.29. The molecule has 0 bridgehead atoms. The summed E-state index contributed by atoms with van der Waals surface area (Å²) in [6.07, 6.45) is 3.83. The monoisotopic (exact) mass is 291 g/mol. The molecule has 1 aliphatic carbocycles. The Kier molecular flexibility index (Phi) is 4.04. The third-order valence-corrected chi connectivity index (χ3v) is 4.82. The van der Waals surface area contributed by atoms with E-state index in [4.69, 9.17) is 16.0 Å². The Hall–Kier alpha value is -0.990. The molecule has 1 fully saturated rings. The number of benzene rings is 1. The van der Waals surface area contributed by atoms with E-state index in [1.165, 1.54) is 19.3 Å². The number of hydrogen-bond donors (Lipinski definition) is 1. The van der Waals surface area contributed by atoms with Crippen molar-refractivity contribution < 1.29 is 4.42 Å². The van der Waals surface area contributed by atoms with Crippen molar-refractivity contribution in [3.05, 3.63) is 35.0 Å². The van der Waals surface area contributed by atoms with Crippen LogP contribution in [0.3, 0.4) is 0 Å². The number of hydrogen-bond acceptors (Lipinski definition) is 2. The molecule has 1 saturated carbocycles. The predicted octanol–water partition coefficient (Wildman–Crippen LogP) is 4.83. The summed E-state index contributed by atoms with van der Waals surface area (Å²) >= 11 is 6.06. The fourth-order valence-electron chi connectivity index (χ4n) is 3.52. The fourth-order valence-corrected chi connectivity index (χ4v) is 3.70. The smallest absolute Gasteiger partial charge is 0.134 e. The van der Waals surface area contributed by atoms with Crippen LogP contribution in [0.15, 0.2) is 28.7 Å². The summed E-state index contributed by atoms with van der Waals surface area (Å²) in [6, 6.07) is 8.04. The van der Waals surface area contributed by atoms with Gasteiger partial charge in [-0.3, -0.25) is 0 Å². The SMILES string of the molecule is CNCC1CCC(C)CC1c1cc2cc(Cl)ccc2o1. The van der Waals surface area contributed by atoms with Gasteiger partial charge in [0.1, 0.15) is 11.3 Å². The van der Waals surface area contributed by atoms with Crippen LogP contribution >= 0.6 is 11.6 Å². The first-order chi connectivity index (χ1) is 9.67. The standard InChI is InChI=1S/C17H22ClNO/c1-11-3-4-12(10-19-2)15(7-11)17-9-13-8-14(18)5-6-16(13)20-17/h5-6,8-9,11-12,15,19H,3-4,7,10H2,1-2H3. The summed E-state index contributed by atoms with van der Waals surface area (Å²) in [7, 11) is 2.04. The first-order valence-electron chi connectivity index (χ1n) is 7.51. The number of halogens is 1. The van der Waals surface area contributed by atoms with Gasteiger partial charge in [-0.05, 0) is 62.5 Å². The Labute approximate surface area is 125 Å². The molecule has 20 heavy (non-hydrogen) atoms. The van der Waals surface area contributed by atoms with Crippen molar-refractivity contribution in [2.45, 2.75) is 32.1 Å². The maximum Gasteiger partial charge on any atom is 0.134 e. The Morgan fingerprint density at radius 2 is 2.15 bits per heavy atom. The summed E-state index contributed by atoms with van der Waals surface area (Å²) in [5.41, 5.74) is 0.950. The van der Waals surface area contributed by atoms with Crippen molar-refractivity contribution >= 4 is 22.6 Å². The van der Waals surface area contributed by atoms with Gasteiger partial charge in [0, 0.05) is 16.3 Å². The van der Waals surface area contributed by atoms with E-state index in [9.17, 15) is 0 Å². The Balaban J connectivity index is 1.93. The summed E-state index contributed by atoms with van der Waals surface area (Å²) in [4.78, 5) is 0.